The third-order valence-electron chi connectivity index (χ3n) is 1.93. The average molecular weight is 240 g/mol. The molecule has 5 heteroatoms. The van der Waals surface area contributed by atoms with Gasteiger partial charge in [0.25, 0.3) is 0 Å². The predicted octanol–water partition coefficient (Wildman–Crippen LogP) is 0.943. The van der Waals surface area contributed by atoms with Crippen LogP contribution in [0, 0.1) is 0 Å². The van der Waals surface area contributed by atoms with Gasteiger partial charge in [-0.05, 0) is 18.6 Å². The monoisotopic (exact) mass is 240 g/mol. The van der Waals surface area contributed by atoms with Crippen molar-refractivity contribution in [3.63, 3.8) is 0 Å². The van der Waals surface area contributed by atoms with Crippen LogP contribution in [0.25, 0.3) is 0 Å². The molecule has 1 aromatic rings. The lowest BCUT2D eigenvalue weighted by atomic mass is 10.2. The van der Waals surface area contributed by atoms with Crippen LogP contribution in [0.5, 0.6) is 5.75 Å². The number of ether oxygens (including phenoxy) is 2. The Morgan fingerprint density at radius 3 is 2.71 bits per heavy atom. The summed E-state index contributed by atoms with van der Waals surface area (Å²) in [5, 5.41) is 17.4. The number of aliphatic hydroxyl groups excluding tert-OH is 1. The summed E-state index contributed by atoms with van der Waals surface area (Å²) in [7, 11) is 0. The second-order valence-corrected chi connectivity index (χ2v) is 3.42. The molecule has 5 nitrogen and oxygen atoms in total. The van der Waals surface area contributed by atoms with E-state index in [1.54, 1.807) is 24.3 Å². The van der Waals surface area contributed by atoms with Crippen molar-refractivity contribution in [1.29, 1.82) is 0 Å². The normalized spacial score (nSPS) is 10.4. The van der Waals surface area contributed by atoms with Crippen molar-refractivity contribution in [2.24, 2.45) is 0 Å². The molecule has 17 heavy (non-hydrogen) atoms. The van der Waals surface area contributed by atoms with Crippen molar-refractivity contribution >= 4 is 5.97 Å². The maximum absolute atomic E-state index is 11.6. The number of esters is 1. The van der Waals surface area contributed by atoms with Crippen LogP contribution in [0.4, 0.5) is 0 Å². The van der Waals surface area contributed by atoms with E-state index in [0.29, 0.717) is 6.61 Å². The van der Waals surface area contributed by atoms with Crippen molar-refractivity contribution in [3.05, 3.63) is 29.8 Å². The number of carbonyl (C=O) groups is 1. The van der Waals surface area contributed by atoms with Crippen molar-refractivity contribution in [2.75, 3.05) is 13.2 Å². The van der Waals surface area contributed by atoms with Crippen LogP contribution in [0.3, 0.4) is 0 Å². The molecule has 0 unspecified atom stereocenters. The number of carbonyl (C=O) groups excluding carboxylic acids is 1. The maximum atomic E-state index is 11.6. The first kappa shape index (κ1) is 13.5. The van der Waals surface area contributed by atoms with Crippen LogP contribution in [-0.4, -0.2) is 35.7 Å². The molecule has 2 N–H and O–H groups in total. The Hall–Kier alpha value is -1.59. The van der Waals surface area contributed by atoms with Crippen LogP contribution in [0.2, 0.25) is 0 Å². The van der Waals surface area contributed by atoms with Crippen molar-refractivity contribution in [3.8, 4) is 5.75 Å². The molecular formula is C12H16O5. The van der Waals surface area contributed by atoms with Gasteiger partial charge in [-0.15, -0.1) is 0 Å². The Morgan fingerprint density at radius 1 is 1.35 bits per heavy atom. The van der Waals surface area contributed by atoms with E-state index in [4.69, 9.17) is 19.7 Å². The second kappa shape index (κ2) is 6.88. The van der Waals surface area contributed by atoms with Crippen molar-refractivity contribution in [2.45, 2.75) is 19.6 Å². The Kier molecular flexibility index (Phi) is 5.45. The van der Waals surface area contributed by atoms with E-state index >= 15 is 0 Å². The fourth-order valence-corrected chi connectivity index (χ4v) is 1.20. The number of hydrogen-bond acceptors (Lipinski definition) is 5. The Labute approximate surface area is 99.6 Å². The zero-order valence-electron chi connectivity index (χ0n) is 9.63. The molecule has 0 bridgehead atoms. The lowest BCUT2D eigenvalue weighted by Crippen LogP contribution is -2.17. The summed E-state index contributed by atoms with van der Waals surface area (Å²) in [6.45, 7) is 1.95. The van der Waals surface area contributed by atoms with E-state index in [1.165, 1.54) is 0 Å². The van der Waals surface area contributed by atoms with Gasteiger partial charge in [-0.3, -0.25) is 0 Å². The standard InChI is InChI=1S/C12H16O5/c1-2-7-16-12(15)9-5-3-4-6-10(9)17-8-11(13)14/h3-6,11,13-14H,2,7-8H2,1H3. The molecule has 0 fully saturated rings. The summed E-state index contributed by atoms with van der Waals surface area (Å²) in [5.41, 5.74) is 0.279. The van der Waals surface area contributed by atoms with E-state index in [-0.39, 0.29) is 17.9 Å². The predicted molar refractivity (Wildman–Crippen MR) is 60.7 cm³/mol. The number of rotatable bonds is 6. The number of benzene rings is 1. The summed E-state index contributed by atoms with van der Waals surface area (Å²) < 4.78 is 10.1. The fourth-order valence-electron chi connectivity index (χ4n) is 1.20. The Balaban J connectivity index is 2.73. The molecule has 0 aliphatic rings. The highest BCUT2D eigenvalue weighted by atomic mass is 16.5. The van der Waals surface area contributed by atoms with Gasteiger partial charge in [0.1, 0.15) is 17.9 Å². The van der Waals surface area contributed by atoms with E-state index in [9.17, 15) is 4.79 Å². The van der Waals surface area contributed by atoms with Gasteiger partial charge in [0.15, 0.2) is 6.29 Å². The van der Waals surface area contributed by atoms with Crippen LogP contribution in [0.15, 0.2) is 24.3 Å². The molecule has 0 amide bonds. The highest BCUT2D eigenvalue weighted by Crippen LogP contribution is 2.19. The molecule has 0 saturated carbocycles. The number of hydrogen-bond donors (Lipinski definition) is 2. The molecule has 0 heterocycles. The molecule has 0 atom stereocenters. The van der Waals surface area contributed by atoms with Crippen LogP contribution in [-0.2, 0) is 4.74 Å². The summed E-state index contributed by atoms with van der Waals surface area (Å²) in [5.74, 6) is -0.198. The van der Waals surface area contributed by atoms with Crippen LogP contribution < -0.4 is 4.74 Å². The SMILES string of the molecule is CCCOC(=O)c1ccccc1OCC(O)O. The molecule has 0 radical (unpaired) electrons. The minimum absolute atomic E-state index is 0.279. The highest BCUT2D eigenvalue weighted by molar-refractivity contribution is 5.92. The summed E-state index contributed by atoms with van der Waals surface area (Å²) in [6.07, 6.45) is -0.834. The third-order valence-corrected chi connectivity index (χ3v) is 1.93. The van der Waals surface area contributed by atoms with Gasteiger partial charge >= 0.3 is 5.97 Å². The smallest absolute Gasteiger partial charge is 0.341 e. The largest absolute Gasteiger partial charge is 0.487 e. The van der Waals surface area contributed by atoms with Gasteiger partial charge in [0.2, 0.25) is 0 Å². The topological polar surface area (TPSA) is 76.0 Å². The zero-order chi connectivity index (χ0) is 12.7. The van der Waals surface area contributed by atoms with Gasteiger partial charge in [-0.1, -0.05) is 19.1 Å². The average Bonchev–Trinajstić information content (AvgIpc) is 2.33. The van der Waals surface area contributed by atoms with Gasteiger partial charge in [0.05, 0.1) is 6.61 Å². The quantitative estimate of drug-likeness (QED) is 0.571. The lowest BCUT2D eigenvalue weighted by molar-refractivity contribution is -0.0682. The zero-order valence-corrected chi connectivity index (χ0v) is 9.63. The van der Waals surface area contributed by atoms with E-state index in [0.717, 1.165) is 6.42 Å². The summed E-state index contributed by atoms with van der Waals surface area (Å²) in [6, 6.07) is 6.52. The molecule has 1 aromatic carbocycles. The third kappa shape index (κ3) is 4.42. The van der Waals surface area contributed by atoms with Gasteiger partial charge in [-0.25, -0.2) is 4.79 Å². The van der Waals surface area contributed by atoms with E-state index in [2.05, 4.69) is 0 Å². The molecule has 1 rings (SSSR count). The molecule has 0 aromatic heterocycles. The van der Waals surface area contributed by atoms with Gasteiger partial charge in [-0.2, -0.15) is 0 Å². The van der Waals surface area contributed by atoms with Gasteiger partial charge in [0, 0.05) is 0 Å². The number of para-hydroxylation sites is 1. The highest BCUT2D eigenvalue weighted by Gasteiger charge is 2.13. The van der Waals surface area contributed by atoms with Crippen molar-refractivity contribution in [1.82, 2.24) is 0 Å². The van der Waals surface area contributed by atoms with E-state index < -0.39 is 12.3 Å². The second-order valence-electron chi connectivity index (χ2n) is 3.42. The minimum Gasteiger partial charge on any atom is -0.487 e. The van der Waals surface area contributed by atoms with Crippen LogP contribution >= 0.6 is 0 Å². The first-order chi connectivity index (χ1) is 8.15. The molecule has 0 spiro atoms. The molecule has 0 aliphatic heterocycles. The Morgan fingerprint density at radius 2 is 2.06 bits per heavy atom. The first-order valence-electron chi connectivity index (χ1n) is 5.40. The lowest BCUT2D eigenvalue weighted by Gasteiger charge is -2.11. The van der Waals surface area contributed by atoms with Gasteiger partial charge < -0.3 is 19.7 Å². The van der Waals surface area contributed by atoms with E-state index in [1.807, 2.05) is 6.92 Å². The molecule has 0 aliphatic carbocycles. The first-order valence-corrected chi connectivity index (χ1v) is 5.40. The molecule has 0 saturated heterocycles. The fraction of sp³-hybridized carbons (Fsp3) is 0.417. The summed E-state index contributed by atoms with van der Waals surface area (Å²) >= 11 is 0. The Bertz CT molecular complexity index is 362. The summed E-state index contributed by atoms with van der Waals surface area (Å²) in [4.78, 5) is 11.6. The van der Waals surface area contributed by atoms with Crippen molar-refractivity contribution < 1.29 is 24.5 Å². The molecule has 94 valence electrons. The number of aliphatic hydroxyl groups is 2. The molecular weight excluding hydrogens is 224 g/mol. The minimum atomic E-state index is -1.57. The van der Waals surface area contributed by atoms with Crippen LogP contribution in [0.1, 0.15) is 23.7 Å². The maximum Gasteiger partial charge on any atom is 0.341 e.